The van der Waals surface area contributed by atoms with E-state index in [2.05, 4.69) is 53.4 Å². The molecule has 0 saturated carbocycles. The molecule has 150 valence electrons. The first kappa shape index (κ1) is 18.9. The molecular formula is C28H21NO2. The van der Waals surface area contributed by atoms with Gasteiger partial charge in [0.1, 0.15) is 5.75 Å². The van der Waals surface area contributed by atoms with E-state index in [-0.39, 0.29) is 11.5 Å². The molecule has 0 atom stereocenters. The van der Waals surface area contributed by atoms with Crippen LogP contribution in [0.2, 0.25) is 0 Å². The molecule has 31 heavy (non-hydrogen) atoms. The molecular weight excluding hydrogens is 382 g/mol. The van der Waals surface area contributed by atoms with Crippen molar-refractivity contribution in [1.29, 1.82) is 0 Å². The number of phenols is 1. The Morgan fingerprint density at radius 2 is 1.26 bits per heavy atom. The van der Waals surface area contributed by atoms with Crippen LogP contribution in [0.25, 0.3) is 6.08 Å². The number of hydrogen-bond acceptors (Lipinski definition) is 3. The fourth-order valence-corrected chi connectivity index (χ4v) is 4.02. The number of para-hydroxylation sites is 2. The molecule has 5 rings (SSSR count). The molecule has 4 aromatic carbocycles. The number of hydrogen-bond donors (Lipinski definition) is 1. The number of benzene rings is 4. The average molecular weight is 403 g/mol. The number of allylic oxidation sites excluding steroid dienone is 1. The summed E-state index contributed by atoms with van der Waals surface area (Å²) in [6, 6.07) is 33.8. The number of phenolic OH excluding ortho intramolecular Hbond substituents is 1. The number of Topliss-reactive ketones (excluding diaryl/α,β-unsaturated/α-hetero) is 1. The number of ketones is 1. The van der Waals surface area contributed by atoms with E-state index in [1.54, 1.807) is 18.2 Å². The SMILES string of the molecule is O=C1C(Cc2ccc(N(c3ccccc3)c3ccccc3)cc2)=Cc2cc(O)ccc21. The van der Waals surface area contributed by atoms with Gasteiger partial charge in [0.15, 0.2) is 5.78 Å². The quantitative estimate of drug-likeness (QED) is 0.404. The van der Waals surface area contributed by atoms with E-state index in [1.165, 1.54) is 0 Å². The largest absolute Gasteiger partial charge is 0.508 e. The first-order valence-corrected chi connectivity index (χ1v) is 10.3. The van der Waals surface area contributed by atoms with Gasteiger partial charge in [-0.05, 0) is 71.8 Å². The molecule has 4 aromatic rings. The molecule has 3 nitrogen and oxygen atoms in total. The maximum atomic E-state index is 12.7. The zero-order valence-electron chi connectivity index (χ0n) is 16.9. The van der Waals surface area contributed by atoms with Crippen molar-refractivity contribution < 1.29 is 9.90 Å². The van der Waals surface area contributed by atoms with E-state index in [0.29, 0.717) is 12.0 Å². The molecule has 0 aromatic heterocycles. The van der Waals surface area contributed by atoms with Crippen LogP contribution in [0.3, 0.4) is 0 Å². The lowest BCUT2D eigenvalue weighted by Crippen LogP contribution is -2.09. The summed E-state index contributed by atoms with van der Waals surface area (Å²) in [7, 11) is 0. The molecule has 0 fully saturated rings. The van der Waals surface area contributed by atoms with Crippen LogP contribution in [0.5, 0.6) is 5.75 Å². The number of nitrogens with zero attached hydrogens (tertiary/aromatic N) is 1. The summed E-state index contributed by atoms with van der Waals surface area (Å²) in [6.07, 6.45) is 2.44. The van der Waals surface area contributed by atoms with Crippen LogP contribution in [-0.4, -0.2) is 10.9 Å². The van der Waals surface area contributed by atoms with E-state index in [0.717, 1.165) is 33.8 Å². The lowest BCUT2D eigenvalue weighted by atomic mass is 10.0. The van der Waals surface area contributed by atoms with Crippen molar-refractivity contribution in [3.8, 4) is 5.75 Å². The Labute approximate surface area is 181 Å². The summed E-state index contributed by atoms with van der Waals surface area (Å²) >= 11 is 0. The van der Waals surface area contributed by atoms with Crippen molar-refractivity contribution in [3.05, 3.63) is 125 Å². The van der Waals surface area contributed by atoms with E-state index in [1.807, 2.05) is 42.5 Å². The Morgan fingerprint density at radius 1 is 0.677 bits per heavy atom. The number of anilines is 3. The molecule has 1 N–H and O–H groups in total. The second-order valence-corrected chi connectivity index (χ2v) is 7.62. The van der Waals surface area contributed by atoms with E-state index in [9.17, 15) is 9.90 Å². The zero-order valence-corrected chi connectivity index (χ0v) is 16.9. The van der Waals surface area contributed by atoms with Gasteiger partial charge in [-0.15, -0.1) is 0 Å². The van der Waals surface area contributed by atoms with Crippen molar-refractivity contribution in [1.82, 2.24) is 0 Å². The Bertz CT molecular complexity index is 1220. The zero-order chi connectivity index (χ0) is 21.2. The number of fused-ring (bicyclic) bond motifs is 1. The lowest BCUT2D eigenvalue weighted by Gasteiger charge is -2.25. The molecule has 0 unspecified atom stereocenters. The van der Waals surface area contributed by atoms with Crippen molar-refractivity contribution >= 4 is 28.9 Å². The van der Waals surface area contributed by atoms with Crippen LogP contribution in [0, 0.1) is 0 Å². The number of aromatic hydroxyl groups is 1. The standard InChI is InChI=1S/C28H21NO2/c30-26-15-16-27-21(19-26)18-22(28(27)31)17-20-11-13-25(14-12-20)29(23-7-3-1-4-8-23)24-9-5-2-6-10-24/h1-16,18-19,30H,17H2. The van der Waals surface area contributed by atoms with Gasteiger partial charge in [0.25, 0.3) is 0 Å². The van der Waals surface area contributed by atoms with Gasteiger partial charge in [0.05, 0.1) is 0 Å². The highest BCUT2D eigenvalue weighted by Gasteiger charge is 2.22. The molecule has 1 aliphatic rings. The Morgan fingerprint density at radius 3 is 1.87 bits per heavy atom. The predicted molar refractivity (Wildman–Crippen MR) is 125 cm³/mol. The molecule has 3 heteroatoms. The molecule has 0 aliphatic heterocycles. The topological polar surface area (TPSA) is 40.5 Å². The predicted octanol–water partition coefficient (Wildman–Crippen LogP) is 6.68. The Hall–Kier alpha value is -4.11. The summed E-state index contributed by atoms with van der Waals surface area (Å²) in [6.45, 7) is 0. The van der Waals surface area contributed by atoms with Crippen molar-refractivity contribution in [2.75, 3.05) is 4.90 Å². The van der Waals surface area contributed by atoms with Gasteiger partial charge in [-0.25, -0.2) is 0 Å². The summed E-state index contributed by atoms with van der Waals surface area (Å²) in [5.41, 5.74) is 6.49. The van der Waals surface area contributed by atoms with Crippen LogP contribution in [-0.2, 0) is 6.42 Å². The number of carbonyl (C=O) groups is 1. The van der Waals surface area contributed by atoms with Crippen LogP contribution in [0.4, 0.5) is 17.1 Å². The Kier molecular flexibility index (Phi) is 4.85. The minimum Gasteiger partial charge on any atom is -0.508 e. The normalized spacial score (nSPS) is 12.4. The first-order chi connectivity index (χ1) is 15.2. The molecule has 0 radical (unpaired) electrons. The van der Waals surface area contributed by atoms with Gasteiger partial charge in [0, 0.05) is 34.6 Å². The minimum absolute atomic E-state index is 0.0364. The van der Waals surface area contributed by atoms with Crippen molar-refractivity contribution in [2.45, 2.75) is 6.42 Å². The van der Waals surface area contributed by atoms with Gasteiger partial charge in [-0.2, -0.15) is 0 Å². The monoisotopic (exact) mass is 403 g/mol. The third-order valence-corrected chi connectivity index (χ3v) is 5.52. The van der Waals surface area contributed by atoms with Gasteiger partial charge in [0.2, 0.25) is 0 Å². The summed E-state index contributed by atoms with van der Waals surface area (Å²) in [5, 5.41) is 9.68. The second kappa shape index (κ2) is 7.96. The lowest BCUT2D eigenvalue weighted by molar-refractivity contribution is 0.103. The fourth-order valence-electron chi connectivity index (χ4n) is 4.02. The van der Waals surface area contributed by atoms with Gasteiger partial charge < -0.3 is 10.0 Å². The molecule has 0 amide bonds. The highest BCUT2D eigenvalue weighted by atomic mass is 16.3. The number of rotatable bonds is 5. The maximum absolute atomic E-state index is 12.7. The molecule has 0 saturated heterocycles. The summed E-state index contributed by atoms with van der Waals surface area (Å²) < 4.78 is 0. The summed E-state index contributed by atoms with van der Waals surface area (Å²) in [5.74, 6) is 0.213. The number of carbonyl (C=O) groups excluding carboxylic acids is 1. The van der Waals surface area contributed by atoms with E-state index < -0.39 is 0 Å². The fraction of sp³-hybridized carbons (Fsp3) is 0.0357. The third kappa shape index (κ3) is 3.74. The highest BCUT2D eigenvalue weighted by molar-refractivity contribution is 6.18. The molecule has 0 bridgehead atoms. The minimum atomic E-state index is 0.0364. The van der Waals surface area contributed by atoms with Gasteiger partial charge in [-0.3, -0.25) is 4.79 Å². The average Bonchev–Trinajstić information content (AvgIpc) is 3.11. The van der Waals surface area contributed by atoms with Crippen LogP contribution in [0.1, 0.15) is 21.5 Å². The van der Waals surface area contributed by atoms with E-state index in [4.69, 9.17) is 0 Å². The smallest absolute Gasteiger partial charge is 0.189 e. The summed E-state index contributed by atoms with van der Waals surface area (Å²) in [4.78, 5) is 14.9. The van der Waals surface area contributed by atoms with E-state index >= 15 is 0 Å². The Balaban J connectivity index is 1.43. The second-order valence-electron chi connectivity index (χ2n) is 7.62. The van der Waals surface area contributed by atoms with Crippen LogP contribution < -0.4 is 4.90 Å². The molecule has 1 aliphatic carbocycles. The maximum Gasteiger partial charge on any atom is 0.189 e. The highest BCUT2D eigenvalue weighted by Crippen LogP contribution is 2.35. The first-order valence-electron chi connectivity index (χ1n) is 10.3. The molecule has 0 heterocycles. The van der Waals surface area contributed by atoms with Crippen LogP contribution in [0.15, 0.2) is 109 Å². The van der Waals surface area contributed by atoms with Gasteiger partial charge >= 0.3 is 0 Å². The van der Waals surface area contributed by atoms with Gasteiger partial charge in [-0.1, -0.05) is 48.5 Å². The third-order valence-electron chi connectivity index (χ3n) is 5.52. The molecule has 0 spiro atoms. The van der Waals surface area contributed by atoms with Crippen molar-refractivity contribution in [3.63, 3.8) is 0 Å². The van der Waals surface area contributed by atoms with Crippen molar-refractivity contribution in [2.24, 2.45) is 0 Å². The van der Waals surface area contributed by atoms with Crippen LogP contribution >= 0.6 is 0 Å².